The Hall–Kier alpha value is -1.55. The van der Waals surface area contributed by atoms with Gasteiger partial charge in [0.2, 0.25) is 6.41 Å². The molecule has 96 valence electrons. The van der Waals surface area contributed by atoms with Crippen LogP contribution in [0.4, 0.5) is 5.69 Å². The third kappa shape index (κ3) is 2.20. The molecule has 1 amide bonds. The quantitative estimate of drug-likeness (QED) is 0.826. The summed E-state index contributed by atoms with van der Waals surface area (Å²) in [7, 11) is 0. The lowest BCUT2D eigenvalue weighted by atomic mass is 10.1. The SMILES string of the molecule is O=CN1Cc2cccc(NC3CCCOC3)c2C1. The number of hydrogen-bond acceptors (Lipinski definition) is 3. The van der Waals surface area contributed by atoms with Gasteiger partial charge < -0.3 is 15.0 Å². The van der Waals surface area contributed by atoms with Gasteiger partial charge in [0.15, 0.2) is 0 Å². The van der Waals surface area contributed by atoms with Crippen molar-refractivity contribution in [2.45, 2.75) is 32.0 Å². The van der Waals surface area contributed by atoms with E-state index in [2.05, 4.69) is 23.5 Å². The van der Waals surface area contributed by atoms with Crippen LogP contribution in [-0.4, -0.2) is 30.6 Å². The molecular formula is C14H18N2O2. The smallest absolute Gasteiger partial charge is 0.210 e. The van der Waals surface area contributed by atoms with Crippen molar-refractivity contribution in [1.29, 1.82) is 0 Å². The van der Waals surface area contributed by atoms with Crippen LogP contribution in [0.15, 0.2) is 18.2 Å². The van der Waals surface area contributed by atoms with Gasteiger partial charge in [-0.2, -0.15) is 0 Å². The lowest BCUT2D eigenvalue weighted by molar-refractivity contribution is -0.118. The maximum Gasteiger partial charge on any atom is 0.210 e. The van der Waals surface area contributed by atoms with Crippen LogP contribution in [0.5, 0.6) is 0 Å². The number of carbonyl (C=O) groups is 1. The molecule has 1 fully saturated rings. The van der Waals surface area contributed by atoms with Crippen LogP contribution in [0.25, 0.3) is 0 Å². The number of anilines is 1. The molecule has 0 saturated carbocycles. The van der Waals surface area contributed by atoms with Crippen LogP contribution in [0.2, 0.25) is 0 Å². The van der Waals surface area contributed by atoms with Gasteiger partial charge in [0, 0.05) is 31.4 Å². The fraction of sp³-hybridized carbons (Fsp3) is 0.500. The lowest BCUT2D eigenvalue weighted by Crippen LogP contribution is -2.30. The molecule has 2 aliphatic rings. The standard InChI is InChI=1S/C14H18N2O2/c17-10-16-7-11-3-1-5-14(13(11)8-16)15-12-4-2-6-18-9-12/h1,3,5,10,12,15H,2,4,6-9H2. The summed E-state index contributed by atoms with van der Waals surface area (Å²) >= 11 is 0. The summed E-state index contributed by atoms with van der Waals surface area (Å²) < 4.78 is 5.49. The molecule has 0 bridgehead atoms. The second-order valence-electron chi connectivity index (χ2n) is 5.01. The number of carbonyl (C=O) groups excluding carboxylic acids is 1. The van der Waals surface area contributed by atoms with Crippen molar-refractivity contribution in [1.82, 2.24) is 4.90 Å². The van der Waals surface area contributed by atoms with Crippen molar-refractivity contribution < 1.29 is 9.53 Å². The number of fused-ring (bicyclic) bond motifs is 1. The normalized spacial score (nSPS) is 22.7. The molecule has 4 heteroatoms. The largest absolute Gasteiger partial charge is 0.380 e. The summed E-state index contributed by atoms with van der Waals surface area (Å²) in [4.78, 5) is 12.7. The molecular weight excluding hydrogens is 228 g/mol. The monoisotopic (exact) mass is 246 g/mol. The van der Waals surface area contributed by atoms with Crippen molar-refractivity contribution in [3.05, 3.63) is 29.3 Å². The van der Waals surface area contributed by atoms with Crippen LogP contribution < -0.4 is 5.32 Å². The van der Waals surface area contributed by atoms with E-state index in [-0.39, 0.29) is 0 Å². The summed E-state index contributed by atoms with van der Waals surface area (Å²) in [6, 6.07) is 6.65. The number of hydrogen-bond donors (Lipinski definition) is 1. The second-order valence-corrected chi connectivity index (χ2v) is 5.01. The molecule has 0 radical (unpaired) electrons. The summed E-state index contributed by atoms with van der Waals surface area (Å²) in [5.41, 5.74) is 3.67. The Morgan fingerprint density at radius 3 is 3.11 bits per heavy atom. The highest BCUT2D eigenvalue weighted by Crippen LogP contribution is 2.29. The summed E-state index contributed by atoms with van der Waals surface area (Å²) in [6.45, 7) is 3.11. The van der Waals surface area contributed by atoms with Crippen molar-refractivity contribution in [3.63, 3.8) is 0 Å². The van der Waals surface area contributed by atoms with Crippen molar-refractivity contribution in [2.24, 2.45) is 0 Å². The van der Waals surface area contributed by atoms with Crippen molar-refractivity contribution >= 4 is 12.1 Å². The Morgan fingerprint density at radius 1 is 1.39 bits per heavy atom. The Labute approximate surface area is 107 Å². The van der Waals surface area contributed by atoms with Crippen LogP contribution in [0.3, 0.4) is 0 Å². The molecule has 1 aromatic rings. The first-order chi connectivity index (χ1) is 8.86. The van der Waals surface area contributed by atoms with E-state index in [0.717, 1.165) is 51.2 Å². The van der Waals surface area contributed by atoms with E-state index in [1.54, 1.807) is 4.90 Å². The van der Waals surface area contributed by atoms with Crippen molar-refractivity contribution in [2.75, 3.05) is 18.5 Å². The molecule has 0 aromatic heterocycles. The molecule has 1 saturated heterocycles. The van der Waals surface area contributed by atoms with E-state index in [9.17, 15) is 4.79 Å². The average molecular weight is 246 g/mol. The first kappa shape index (κ1) is 11.5. The minimum absolute atomic E-state index is 0.399. The maximum absolute atomic E-state index is 10.9. The molecule has 1 atom stereocenters. The minimum atomic E-state index is 0.399. The van der Waals surface area contributed by atoms with Crippen LogP contribution in [0, 0.1) is 0 Å². The fourth-order valence-electron chi connectivity index (χ4n) is 2.73. The molecule has 0 spiro atoms. The molecule has 0 aliphatic carbocycles. The zero-order valence-electron chi connectivity index (χ0n) is 10.4. The van der Waals surface area contributed by atoms with Gasteiger partial charge in [0.05, 0.1) is 6.61 Å². The first-order valence-electron chi connectivity index (χ1n) is 6.51. The molecule has 2 heterocycles. The third-order valence-corrected chi connectivity index (χ3v) is 3.68. The third-order valence-electron chi connectivity index (χ3n) is 3.68. The zero-order valence-corrected chi connectivity index (χ0v) is 10.4. The van der Waals surface area contributed by atoms with Crippen LogP contribution >= 0.6 is 0 Å². The van der Waals surface area contributed by atoms with Gasteiger partial charge in [0.1, 0.15) is 0 Å². The Kier molecular flexibility index (Phi) is 3.19. The van der Waals surface area contributed by atoms with Crippen LogP contribution in [-0.2, 0) is 22.6 Å². The molecule has 1 unspecified atom stereocenters. The summed E-state index contributed by atoms with van der Waals surface area (Å²) in [5.74, 6) is 0. The molecule has 18 heavy (non-hydrogen) atoms. The Balaban J connectivity index is 1.77. The zero-order chi connectivity index (χ0) is 12.4. The highest BCUT2D eigenvalue weighted by Gasteiger charge is 2.22. The maximum atomic E-state index is 10.9. The summed E-state index contributed by atoms with van der Waals surface area (Å²) in [5, 5.41) is 3.56. The number of nitrogens with zero attached hydrogens (tertiary/aromatic N) is 1. The van der Waals surface area contributed by atoms with Gasteiger partial charge in [-0.25, -0.2) is 0 Å². The highest BCUT2D eigenvalue weighted by atomic mass is 16.5. The van der Waals surface area contributed by atoms with Gasteiger partial charge in [-0.15, -0.1) is 0 Å². The van der Waals surface area contributed by atoms with E-state index in [4.69, 9.17) is 4.74 Å². The van der Waals surface area contributed by atoms with Crippen molar-refractivity contribution in [3.8, 4) is 0 Å². The van der Waals surface area contributed by atoms with Gasteiger partial charge in [-0.1, -0.05) is 12.1 Å². The topological polar surface area (TPSA) is 41.6 Å². The molecule has 2 aliphatic heterocycles. The van der Waals surface area contributed by atoms with Gasteiger partial charge in [-0.3, -0.25) is 4.79 Å². The minimum Gasteiger partial charge on any atom is -0.380 e. The first-order valence-corrected chi connectivity index (χ1v) is 6.51. The summed E-state index contributed by atoms with van der Waals surface area (Å²) in [6.07, 6.45) is 3.20. The molecule has 3 rings (SSSR count). The predicted octanol–water partition coefficient (Wildman–Crippen LogP) is 1.75. The predicted molar refractivity (Wildman–Crippen MR) is 69.2 cm³/mol. The number of ether oxygens (including phenoxy) is 1. The molecule has 4 nitrogen and oxygen atoms in total. The number of nitrogens with one attached hydrogen (secondary N) is 1. The number of rotatable bonds is 3. The van der Waals surface area contributed by atoms with E-state index >= 15 is 0 Å². The fourth-order valence-corrected chi connectivity index (χ4v) is 2.73. The highest BCUT2D eigenvalue weighted by molar-refractivity contribution is 5.60. The van der Waals surface area contributed by atoms with E-state index in [1.165, 1.54) is 11.1 Å². The Morgan fingerprint density at radius 2 is 2.33 bits per heavy atom. The Bertz CT molecular complexity index is 441. The molecule has 1 N–H and O–H groups in total. The number of amides is 1. The van der Waals surface area contributed by atoms with Gasteiger partial charge in [0.25, 0.3) is 0 Å². The second kappa shape index (κ2) is 4.98. The molecule has 1 aromatic carbocycles. The van der Waals surface area contributed by atoms with Crippen LogP contribution in [0.1, 0.15) is 24.0 Å². The van der Waals surface area contributed by atoms with Gasteiger partial charge in [-0.05, 0) is 30.0 Å². The lowest BCUT2D eigenvalue weighted by Gasteiger charge is -2.25. The van der Waals surface area contributed by atoms with E-state index in [1.807, 2.05) is 0 Å². The van der Waals surface area contributed by atoms with E-state index in [0.29, 0.717) is 6.04 Å². The van der Waals surface area contributed by atoms with Gasteiger partial charge >= 0.3 is 0 Å². The number of benzene rings is 1. The van der Waals surface area contributed by atoms with E-state index < -0.39 is 0 Å². The average Bonchev–Trinajstić information content (AvgIpc) is 2.84.